The molecule has 1 aromatic carbocycles. The molecule has 2 aliphatic rings. The molecule has 2 aliphatic heterocycles. The lowest BCUT2D eigenvalue weighted by atomic mass is 9.74. The number of nitrogens with two attached hydrogens (primary N) is 1. The Hall–Kier alpha value is -1.86. The van der Waals surface area contributed by atoms with E-state index < -0.39 is 22.2 Å². The van der Waals surface area contributed by atoms with Gasteiger partial charge >= 0.3 is 0 Å². The molecule has 0 aromatic heterocycles. The second-order valence-corrected chi connectivity index (χ2v) is 7.11. The molecule has 0 amide bonds. The summed E-state index contributed by atoms with van der Waals surface area (Å²) in [4.78, 5) is 13.0. The average molecular weight is 321 g/mol. The van der Waals surface area contributed by atoms with Crippen LogP contribution in [-0.2, 0) is 5.54 Å². The molecule has 23 heavy (non-hydrogen) atoms. The van der Waals surface area contributed by atoms with Gasteiger partial charge in [-0.1, -0.05) is 0 Å². The quantitative estimate of drug-likeness (QED) is 0.491. The lowest BCUT2D eigenvalue weighted by Gasteiger charge is -2.52. The minimum atomic E-state index is -0.816. The zero-order valence-electron chi connectivity index (χ0n) is 13.7. The SMILES string of the molecule is CC1(C)Oc2cc(N)c([N+](=O)[O-])cc2[C@](C)(N2CCCC2)[C@H]1O. The molecule has 3 rings (SSSR count). The van der Waals surface area contributed by atoms with Crippen molar-refractivity contribution >= 4 is 11.4 Å². The smallest absolute Gasteiger partial charge is 0.292 e. The summed E-state index contributed by atoms with van der Waals surface area (Å²) in [6.07, 6.45) is 1.29. The molecule has 0 radical (unpaired) electrons. The summed E-state index contributed by atoms with van der Waals surface area (Å²) in [7, 11) is 0. The number of benzene rings is 1. The number of fused-ring (bicyclic) bond motifs is 1. The molecule has 7 nitrogen and oxygen atoms in total. The number of likely N-dealkylation sites (tertiary alicyclic amines) is 1. The van der Waals surface area contributed by atoms with E-state index >= 15 is 0 Å². The normalized spacial score (nSPS) is 29.8. The largest absolute Gasteiger partial charge is 0.485 e. The first kappa shape index (κ1) is 16.0. The topological polar surface area (TPSA) is 102 Å². The Balaban J connectivity index is 2.23. The number of nitrogens with zero attached hydrogens (tertiary/aromatic N) is 2. The van der Waals surface area contributed by atoms with Crippen molar-refractivity contribution in [2.75, 3.05) is 18.8 Å². The minimum Gasteiger partial charge on any atom is -0.485 e. The van der Waals surface area contributed by atoms with E-state index in [-0.39, 0.29) is 11.4 Å². The van der Waals surface area contributed by atoms with E-state index in [0.717, 1.165) is 25.9 Å². The number of anilines is 1. The lowest BCUT2D eigenvalue weighted by Crippen LogP contribution is -2.63. The number of ether oxygens (including phenoxy) is 1. The average Bonchev–Trinajstić information content (AvgIpc) is 2.98. The van der Waals surface area contributed by atoms with Gasteiger partial charge in [-0.3, -0.25) is 15.0 Å². The molecular formula is C16H23N3O4. The van der Waals surface area contributed by atoms with Gasteiger partial charge in [0.1, 0.15) is 23.1 Å². The molecule has 0 spiro atoms. The van der Waals surface area contributed by atoms with E-state index in [1.54, 1.807) is 0 Å². The molecule has 1 aromatic rings. The number of hydrogen-bond donors (Lipinski definition) is 2. The van der Waals surface area contributed by atoms with Gasteiger partial charge in [-0.15, -0.1) is 0 Å². The summed E-state index contributed by atoms with van der Waals surface area (Å²) >= 11 is 0. The van der Waals surface area contributed by atoms with Gasteiger partial charge in [0.2, 0.25) is 0 Å². The number of nitrogen functional groups attached to an aromatic ring is 1. The van der Waals surface area contributed by atoms with Crippen molar-refractivity contribution < 1.29 is 14.8 Å². The Bertz CT molecular complexity index is 655. The zero-order chi connectivity index (χ0) is 17.0. The number of hydrogen-bond acceptors (Lipinski definition) is 6. The zero-order valence-corrected chi connectivity index (χ0v) is 13.7. The maximum atomic E-state index is 11.3. The first-order valence-corrected chi connectivity index (χ1v) is 7.88. The predicted molar refractivity (Wildman–Crippen MR) is 86.4 cm³/mol. The van der Waals surface area contributed by atoms with Gasteiger partial charge in [0, 0.05) is 17.7 Å². The van der Waals surface area contributed by atoms with E-state index in [0.29, 0.717) is 11.3 Å². The summed E-state index contributed by atoms with van der Waals surface area (Å²) in [5.41, 5.74) is 4.81. The van der Waals surface area contributed by atoms with Crippen molar-refractivity contribution in [2.24, 2.45) is 0 Å². The van der Waals surface area contributed by atoms with Crippen LogP contribution in [0.25, 0.3) is 0 Å². The van der Waals surface area contributed by atoms with Gasteiger partial charge in [-0.25, -0.2) is 0 Å². The number of aliphatic hydroxyl groups excluding tert-OH is 1. The Morgan fingerprint density at radius 1 is 1.35 bits per heavy atom. The van der Waals surface area contributed by atoms with Crippen molar-refractivity contribution in [3.05, 3.63) is 27.8 Å². The molecule has 1 saturated heterocycles. The van der Waals surface area contributed by atoms with Crippen LogP contribution in [0.4, 0.5) is 11.4 Å². The van der Waals surface area contributed by atoms with Crippen LogP contribution in [0.1, 0.15) is 39.2 Å². The van der Waals surface area contributed by atoms with Gasteiger partial charge in [-0.2, -0.15) is 0 Å². The number of nitro groups is 1. The third-order valence-electron chi connectivity index (χ3n) is 5.20. The van der Waals surface area contributed by atoms with Crippen LogP contribution >= 0.6 is 0 Å². The third kappa shape index (κ3) is 2.26. The van der Waals surface area contributed by atoms with Crippen molar-refractivity contribution in [1.29, 1.82) is 0 Å². The van der Waals surface area contributed by atoms with E-state index in [1.165, 1.54) is 12.1 Å². The Morgan fingerprint density at radius 2 is 1.96 bits per heavy atom. The van der Waals surface area contributed by atoms with Crippen LogP contribution in [0, 0.1) is 10.1 Å². The first-order chi connectivity index (χ1) is 10.7. The second kappa shape index (κ2) is 5.07. The third-order valence-corrected chi connectivity index (χ3v) is 5.20. The molecule has 3 N–H and O–H groups in total. The molecular weight excluding hydrogens is 298 g/mol. The second-order valence-electron chi connectivity index (χ2n) is 7.11. The van der Waals surface area contributed by atoms with Gasteiger partial charge in [0.15, 0.2) is 0 Å². The van der Waals surface area contributed by atoms with Crippen molar-refractivity contribution in [3.63, 3.8) is 0 Å². The van der Waals surface area contributed by atoms with E-state index in [4.69, 9.17) is 10.5 Å². The fourth-order valence-electron chi connectivity index (χ4n) is 3.91. The highest BCUT2D eigenvalue weighted by atomic mass is 16.6. The van der Waals surface area contributed by atoms with Crippen molar-refractivity contribution in [2.45, 2.75) is 50.9 Å². The van der Waals surface area contributed by atoms with Gasteiger partial charge in [-0.05, 0) is 46.7 Å². The van der Waals surface area contributed by atoms with Gasteiger partial charge in [0.25, 0.3) is 5.69 Å². The van der Waals surface area contributed by atoms with Crippen LogP contribution in [0.3, 0.4) is 0 Å². The van der Waals surface area contributed by atoms with Gasteiger partial charge in [0.05, 0.1) is 10.5 Å². The molecule has 2 atom stereocenters. The molecule has 0 saturated carbocycles. The molecule has 0 unspecified atom stereocenters. The highest BCUT2D eigenvalue weighted by Crippen LogP contribution is 2.50. The summed E-state index contributed by atoms with van der Waals surface area (Å²) < 4.78 is 5.92. The van der Waals surface area contributed by atoms with E-state index in [2.05, 4.69) is 4.90 Å². The molecule has 1 fully saturated rings. The van der Waals surface area contributed by atoms with Gasteiger partial charge < -0.3 is 15.6 Å². The molecule has 7 heteroatoms. The van der Waals surface area contributed by atoms with Crippen LogP contribution in [0.15, 0.2) is 12.1 Å². The summed E-state index contributed by atoms with van der Waals surface area (Å²) in [6.45, 7) is 7.29. The lowest BCUT2D eigenvalue weighted by molar-refractivity contribution is -0.384. The summed E-state index contributed by atoms with van der Waals surface area (Å²) in [6, 6.07) is 2.97. The monoisotopic (exact) mass is 321 g/mol. The maximum Gasteiger partial charge on any atom is 0.292 e. The predicted octanol–water partition coefficient (Wildman–Crippen LogP) is 2.02. The highest BCUT2D eigenvalue weighted by molar-refractivity contribution is 5.65. The van der Waals surface area contributed by atoms with Crippen LogP contribution < -0.4 is 10.5 Å². The molecule has 2 heterocycles. The molecule has 126 valence electrons. The standard InChI is InChI=1S/C16H23N3O4/c1-15(2)14(20)16(3,18-6-4-5-7-18)10-8-12(19(21)22)11(17)9-13(10)23-15/h8-9,14,20H,4-7,17H2,1-3H3/t14-,16-/m0/s1. The molecule has 0 aliphatic carbocycles. The Kier molecular flexibility index (Phi) is 3.53. The van der Waals surface area contributed by atoms with Crippen LogP contribution in [0.2, 0.25) is 0 Å². The maximum absolute atomic E-state index is 11.3. The number of nitro benzene ring substituents is 1. The van der Waals surface area contributed by atoms with E-state index in [1.807, 2.05) is 20.8 Å². The minimum absolute atomic E-state index is 0.0738. The van der Waals surface area contributed by atoms with Crippen LogP contribution in [0.5, 0.6) is 5.75 Å². The first-order valence-electron chi connectivity index (χ1n) is 7.88. The highest BCUT2D eigenvalue weighted by Gasteiger charge is 2.54. The molecule has 0 bridgehead atoms. The number of aliphatic hydroxyl groups is 1. The fraction of sp³-hybridized carbons (Fsp3) is 0.625. The van der Waals surface area contributed by atoms with Crippen molar-refractivity contribution in [1.82, 2.24) is 4.90 Å². The fourth-order valence-corrected chi connectivity index (χ4v) is 3.91. The summed E-state index contributed by atoms with van der Waals surface area (Å²) in [5.74, 6) is 0.512. The Labute approximate surface area is 135 Å². The summed E-state index contributed by atoms with van der Waals surface area (Å²) in [5, 5.41) is 22.3. The van der Waals surface area contributed by atoms with E-state index in [9.17, 15) is 15.2 Å². The van der Waals surface area contributed by atoms with Crippen molar-refractivity contribution in [3.8, 4) is 5.75 Å². The number of rotatable bonds is 2. The Morgan fingerprint density at radius 3 is 2.52 bits per heavy atom. The van der Waals surface area contributed by atoms with Crippen LogP contribution in [-0.4, -0.2) is 39.7 Å².